The van der Waals surface area contributed by atoms with Gasteiger partial charge in [0.25, 0.3) is 0 Å². The Morgan fingerprint density at radius 2 is 2.06 bits per heavy atom. The van der Waals surface area contributed by atoms with Crippen molar-refractivity contribution in [1.29, 1.82) is 0 Å². The van der Waals surface area contributed by atoms with Gasteiger partial charge in [0, 0.05) is 37.6 Å². The summed E-state index contributed by atoms with van der Waals surface area (Å²) in [6.07, 6.45) is 1.91. The third kappa shape index (κ3) is 4.38. The van der Waals surface area contributed by atoms with Crippen molar-refractivity contribution in [2.45, 2.75) is 0 Å². The molecule has 2 N–H and O–H groups in total. The summed E-state index contributed by atoms with van der Waals surface area (Å²) in [6.45, 7) is 0. The number of anilines is 1. The van der Waals surface area contributed by atoms with E-state index in [-0.39, 0.29) is 5.78 Å². The summed E-state index contributed by atoms with van der Waals surface area (Å²) >= 11 is 0. The molecule has 5 heteroatoms. The number of benzene rings is 1. The quantitative estimate of drug-likeness (QED) is 0.617. The van der Waals surface area contributed by atoms with Gasteiger partial charge in [0.1, 0.15) is 0 Å². The van der Waals surface area contributed by atoms with E-state index >= 15 is 0 Å². The van der Waals surface area contributed by atoms with Crippen LogP contribution in [0.4, 0.5) is 10.5 Å². The van der Waals surface area contributed by atoms with Crippen LogP contribution in [0.5, 0.6) is 0 Å². The SMILES string of the molecule is CN(C)/C=C/C(=O)c1cccc(NC(=O)O)c1. The highest BCUT2D eigenvalue weighted by Gasteiger charge is 2.04. The number of carbonyl (C=O) groups is 2. The average molecular weight is 234 g/mol. The van der Waals surface area contributed by atoms with Gasteiger partial charge in [-0.3, -0.25) is 10.1 Å². The number of ketones is 1. The van der Waals surface area contributed by atoms with Crippen molar-refractivity contribution < 1.29 is 14.7 Å². The molecule has 0 aromatic heterocycles. The number of nitrogens with one attached hydrogen (secondary N) is 1. The van der Waals surface area contributed by atoms with Gasteiger partial charge >= 0.3 is 6.09 Å². The first-order valence-electron chi connectivity index (χ1n) is 4.98. The van der Waals surface area contributed by atoms with E-state index in [1.165, 1.54) is 12.1 Å². The third-order valence-electron chi connectivity index (χ3n) is 1.92. The molecule has 0 saturated carbocycles. The van der Waals surface area contributed by atoms with Crippen LogP contribution in [0, 0.1) is 0 Å². The highest BCUT2D eigenvalue weighted by molar-refractivity contribution is 6.05. The maximum atomic E-state index is 11.7. The van der Waals surface area contributed by atoms with Gasteiger partial charge in [0.2, 0.25) is 0 Å². The van der Waals surface area contributed by atoms with Gasteiger partial charge in [0.15, 0.2) is 5.78 Å². The maximum Gasteiger partial charge on any atom is 0.409 e. The standard InChI is InChI=1S/C12H14N2O3/c1-14(2)7-6-11(15)9-4-3-5-10(8-9)13-12(16)17/h3-8,13H,1-2H3,(H,16,17)/b7-6+. The third-order valence-corrected chi connectivity index (χ3v) is 1.92. The molecule has 1 aromatic carbocycles. The smallest absolute Gasteiger partial charge is 0.409 e. The van der Waals surface area contributed by atoms with Crippen LogP contribution >= 0.6 is 0 Å². The van der Waals surface area contributed by atoms with Crippen molar-refractivity contribution in [2.24, 2.45) is 0 Å². The van der Waals surface area contributed by atoms with Crippen LogP contribution in [0.15, 0.2) is 36.5 Å². The van der Waals surface area contributed by atoms with Crippen LogP contribution in [0.3, 0.4) is 0 Å². The molecule has 1 amide bonds. The highest BCUT2D eigenvalue weighted by atomic mass is 16.4. The molecule has 0 radical (unpaired) electrons. The second-order valence-corrected chi connectivity index (χ2v) is 3.65. The first kappa shape index (κ1) is 12.8. The molecule has 0 bridgehead atoms. The lowest BCUT2D eigenvalue weighted by Gasteiger charge is -2.04. The molecule has 5 nitrogen and oxygen atoms in total. The fourth-order valence-electron chi connectivity index (χ4n) is 1.19. The van der Waals surface area contributed by atoms with Crippen LogP contribution in [0.25, 0.3) is 0 Å². The molecule has 1 rings (SSSR count). The van der Waals surface area contributed by atoms with Crippen LogP contribution < -0.4 is 5.32 Å². The molecular weight excluding hydrogens is 220 g/mol. The van der Waals surface area contributed by atoms with E-state index in [0.717, 1.165) is 0 Å². The van der Waals surface area contributed by atoms with Crippen LogP contribution in [0.1, 0.15) is 10.4 Å². The Hall–Kier alpha value is -2.30. The summed E-state index contributed by atoms with van der Waals surface area (Å²) in [5.41, 5.74) is 0.816. The fourth-order valence-corrected chi connectivity index (χ4v) is 1.19. The lowest BCUT2D eigenvalue weighted by Crippen LogP contribution is -2.08. The minimum absolute atomic E-state index is 0.173. The number of hydrogen-bond donors (Lipinski definition) is 2. The Labute approximate surface area is 99.4 Å². The molecule has 0 aliphatic heterocycles. The van der Waals surface area contributed by atoms with Crippen molar-refractivity contribution in [3.63, 3.8) is 0 Å². The summed E-state index contributed by atoms with van der Waals surface area (Å²) in [4.78, 5) is 23.9. The van der Waals surface area contributed by atoms with E-state index in [1.54, 1.807) is 29.3 Å². The predicted octanol–water partition coefficient (Wildman–Crippen LogP) is 2.03. The molecule has 0 heterocycles. The van der Waals surface area contributed by atoms with E-state index in [4.69, 9.17) is 5.11 Å². The number of hydrogen-bond acceptors (Lipinski definition) is 3. The lowest BCUT2D eigenvalue weighted by molar-refractivity contribution is 0.104. The van der Waals surface area contributed by atoms with E-state index in [9.17, 15) is 9.59 Å². The zero-order chi connectivity index (χ0) is 12.8. The van der Waals surface area contributed by atoms with E-state index in [2.05, 4.69) is 5.32 Å². The summed E-state index contributed by atoms with van der Waals surface area (Å²) in [5, 5.41) is 10.8. The second-order valence-electron chi connectivity index (χ2n) is 3.65. The zero-order valence-electron chi connectivity index (χ0n) is 9.68. The van der Waals surface area contributed by atoms with Gasteiger partial charge < -0.3 is 10.0 Å². The number of carbonyl (C=O) groups excluding carboxylic acids is 1. The molecule has 0 spiro atoms. The normalized spacial score (nSPS) is 10.2. The number of nitrogens with zero attached hydrogens (tertiary/aromatic N) is 1. The fraction of sp³-hybridized carbons (Fsp3) is 0.167. The van der Waals surface area contributed by atoms with Gasteiger partial charge in [-0.15, -0.1) is 0 Å². The molecule has 0 saturated heterocycles. The van der Waals surface area contributed by atoms with Crippen LogP contribution in [-0.4, -0.2) is 36.0 Å². The maximum absolute atomic E-state index is 11.7. The van der Waals surface area contributed by atoms with Crippen molar-refractivity contribution >= 4 is 17.6 Å². The molecule has 0 aliphatic rings. The molecular formula is C12H14N2O3. The topological polar surface area (TPSA) is 69.6 Å². The van der Waals surface area contributed by atoms with Gasteiger partial charge in [0.05, 0.1) is 0 Å². The number of allylic oxidation sites excluding steroid dienone is 1. The number of amides is 1. The summed E-state index contributed by atoms with van der Waals surface area (Å²) in [6, 6.07) is 6.34. The molecule has 0 atom stereocenters. The minimum atomic E-state index is -1.15. The summed E-state index contributed by atoms with van der Waals surface area (Å²) < 4.78 is 0. The second kappa shape index (κ2) is 5.69. The Balaban J connectivity index is 2.84. The Bertz CT molecular complexity index is 453. The Morgan fingerprint density at radius 1 is 1.35 bits per heavy atom. The van der Waals surface area contributed by atoms with Gasteiger partial charge in [-0.2, -0.15) is 0 Å². The van der Waals surface area contributed by atoms with Gasteiger partial charge in [-0.25, -0.2) is 4.79 Å². The molecule has 90 valence electrons. The Kier molecular flexibility index (Phi) is 4.28. The van der Waals surface area contributed by atoms with Crippen molar-refractivity contribution in [1.82, 2.24) is 4.90 Å². The lowest BCUT2D eigenvalue weighted by atomic mass is 10.1. The first-order chi connectivity index (χ1) is 7.99. The van der Waals surface area contributed by atoms with Crippen molar-refractivity contribution in [3.8, 4) is 0 Å². The minimum Gasteiger partial charge on any atom is -0.465 e. The van der Waals surface area contributed by atoms with Gasteiger partial charge in [-0.1, -0.05) is 12.1 Å². The Morgan fingerprint density at radius 3 is 2.65 bits per heavy atom. The summed E-state index contributed by atoms with van der Waals surface area (Å²) in [7, 11) is 3.62. The average Bonchev–Trinajstić information content (AvgIpc) is 2.25. The predicted molar refractivity (Wildman–Crippen MR) is 65.2 cm³/mol. The zero-order valence-corrected chi connectivity index (χ0v) is 9.68. The molecule has 0 aliphatic carbocycles. The van der Waals surface area contributed by atoms with Crippen molar-refractivity contribution in [2.75, 3.05) is 19.4 Å². The van der Waals surface area contributed by atoms with Crippen molar-refractivity contribution in [3.05, 3.63) is 42.1 Å². The van der Waals surface area contributed by atoms with E-state index < -0.39 is 6.09 Å². The van der Waals surface area contributed by atoms with E-state index in [1.807, 2.05) is 14.1 Å². The van der Waals surface area contributed by atoms with Gasteiger partial charge in [-0.05, 0) is 12.1 Å². The molecule has 0 unspecified atom stereocenters. The molecule has 1 aromatic rings. The first-order valence-corrected chi connectivity index (χ1v) is 4.98. The van der Waals surface area contributed by atoms with E-state index in [0.29, 0.717) is 11.3 Å². The largest absolute Gasteiger partial charge is 0.465 e. The summed E-state index contributed by atoms with van der Waals surface area (Å²) in [5.74, 6) is -0.173. The van der Waals surface area contributed by atoms with Crippen LogP contribution in [0.2, 0.25) is 0 Å². The highest BCUT2D eigenvalue weighted by Crippen LogP contribution is 2.11. The molecule has 0 fully saturated rings. The molecule has 17 heavy (non-hydrogen) atoms. The number of rotatable bonds is 4. The van der Waals surface area contributed by atoms with Crippen LogP contribution in [-0.2, 0) is 0 Å². The number of carboxylic acid groups (broad SMARTS) is 1. The monoisotopic (exact) mass is 234 g/mol.